The summed E-state index contributed by atoms with van der Waals surface area (Å²) in [5, 5.41) is 2.86. The van der Waals surface area contributed by atoms with E-state index in [2.05, 4.69) is 12.2 Å². The molecule has 0 saturated carbocycles. The Kier molecular flexibility index (Phi) is 6.11. The molecule has 2 amide bonds. The maximum absolute atomic E-state index is 12.6. The van der Waals surface area contributed by atoms with Gasteiger partial charge in [0.25, 0.3) is 0 Å². The van der Waals surface area contributed by atoms with Gasteiger partial charge in [0.1, 0.15) is 6.04 Å². The van der Waals surface area contributed by atoms with Gasteiger partial charge in [-0.2, -0.15) is 11.8 Å². The first-order chi connectivity index (χ1) is 10.2. The molecule has 0 aliphatic carbocycles. The number of rotatable bonds is 6. The van der Waals surface area contributed by atoms with E-state index in [1.54, 1.807) is 0 Å². The number of nitrogens with zero attached hydrogens (tertiary/aromatic N) is 1. The first-order valence-electron chi connectivity index (χ1n) is 7.40. The van der Waals surface area contributed by atoms with E-state index < -0.39 is 6.04 Å². The first kappa shape index (κ1) is 15.9. The van der Waals surface area contributed by atoms with Gasteiger partial charge in [0.05, 0.1) is 0 Å². The summed E-state index contributed by atoms with van der Waals surface area (Å²) in [6.45, 7) is 3.36. The number of carbonyl (C=O) groups excluding carboxylic acids is 2. The molecule has 1 aliphatic heterocycles. The Morgan fingerprint density at radius 1 is 1.29 bits per heavy atom. The molecule has 5 heteroatoms. The molecule has 1 aromatic rings. The van der Waals surface area contributed by atoms with E-state index in [0.29, 0.717) is 19.4 Å². The fourth-order valence-electron chi connectivity index (χ4n) is 2.42. The fraction of sp³-hybridized carbons (Fsp3) is 0.500. The second-order valence-electron chi connectivity index (χ2n) is 5.08. The summed E-state index contributed by atoms with van der Waals surface area (Å²) in [6, 6.07) is 9.39. The van der Waals surface area contributed by atoms with Crippen molar-refractivity contribution in [2.45, 2.75) is 25.8 Å². The van der Waals surface area contributed by atoms with E-state index in [0.717, 1.165) is 23.6 Å². The molecule has 1 N–H and O–H groups in total. The summed E-state index contributed by atoms with van der Waals surface area (Å²) < 4.78 is 0. The Labute approximate surface area is 130 Å². The van der Waals surface area contributed by atoms with E-state index in [4.69, 9.17) is 0 Å². The Morgan fingerprint density at radius 3 is 2.76 bits per heavy atom. The summed E-state index contributed by atoms with van der Waals surface area (Å²) in [5.74, 6) is 1.98. The monoisotopic (exact) mass is 306 g/mol. The third kappa shape index (κ3) is 4.77. The average molecular weight is 306 g/mol. The highest BCUT2D eigenvalue weighted by Gasteiger charge is 2.29. The van der Waals surface area contributed by atoms with Crippen LogP contribution < -0.4 is 5.32 Å². The van der Waals surface area contributed by atoms with Crippen molar-refractivity contribution in [1.82, 2.24) is 10.2 Å². The smallest absolute Gasteiger partial charge is 0.245 e. The molecule has 1 aromatic carbocycles. The Balaban J connectivity index is 2.03. The van der Waals surface area contributed by atoms with Gasteiger partial charge in [-0.05, 0) is 11.3 Å². The Morgan fingerprint density at radius 2 is 2.05 bits per heavy atom. The van der Waals surface area contributed by atoms with Crippen molar-refractivity contribution in [3.05, 3.63) is 35.9 Å². The molecule has 2 rings (SSSR count). The van der Waals surface area contributed by atoms with E-state index in [1.165, 1.54) is 0 Å². The standard InChI is InChI=1S/C16H22N2O2S/c1-2-21-11-10-18-9-8-15(19)17-14(16(18)20)12-13-6-4-3-5-7-13/h3-7,14H,2,8-12H2,1H3,(H,17,19). The minimum atomic E-state index is -0.436. The van der Waals surface area contributed by atoms with E-state index in [-0.39, 0.29) is 11.8 Å². The number of nitrogens with one attached hydrogen (secondary N) is 1. The van der Waals surface area contributed by atoms with Crippen LogP contribution in [0, 0.1) is 0 Å². The van der Waals surface area contributed by atoms with E-state index in [1.807, 2.05) is 47.0 Å². The number of carbonyl (C=O) groups is 2. The number of hydrogen-bond donors (Lipinski definition) is 1. The van der Waals surface area contributed by atoms with Crippen molar-refractivity contribution in [3.8, 4) is 0 Å². The average Bonchev–Trinajstić information content (AvgIpc) is 2.62. The van der Waals surface area contributed by atoms with Gasteiger partial charge < -0.3 is 10.2 Å². The predicted molar refractivity (Wildman–Crippen MR) is 86.3 cm³/mol. The highest BCUT2D eigenvalue weighted by Crippen LogP contribution is 2.11. The van der Waals surface area contributed by atoms with Gasteiger partial charge in [0.2, 0.25) is 11.8 Å². The van der Waals surface area contributed by atoms with Gasteiger partial charge in [-0.3, -0.25) is 9.59 Å². The second-order valence-corrected chi connectivity index (χ2v) is 6.48. The number of amides is 2. The molecule has 0 bridgehead atoms. The molecule has 1 fully saturated rings. The molecule has 1 aliphatic rings. The van der Waals surface area contributed by atoms with Crippen LogP contribution in [0.1, 0.15) is 18.9 Å². The molecule has 114 valence electrons. The van der Waals surface area contributed by atoms with Crippen molar-refractivity contribution in [2.75, 3.05) is 24.6 Å². The van der Waals surface area contributed by atoms with Gasteiger partial charge in [0, 0.05) is 31.7 Å². The highest BCUT2D eigenvalue weighted by atomic mass is 32.2. The van der Waals surface area contributed by atoms with Gasteiger partial charge >= 0.3 is 0 Å². The molecule has 1 heterocycles. The maximum Gasteiger partial charge on any atom is 0.245 e. The summed E-state index contributed by atoms with van der Waals surface area (Å²) in [4.78, 5) is 26.2. The van der Waals surface area contributed by atoms with Crippen molar-refractivity contribution < 1.29 is 9.59 Å². The van der Waals surface area contributed by atoms with Crippen LogP contribution in [-0.2, 0) is 16.0 Å². The van der Waals surface area contributed by atoms with Crippen LogP contribution in [0.25, 0.3) is 0 Å². The molecular formula is C16H22N2O2S. The largest absolute Gasteiger partial charge is 0.344 e. The van der Waals surface area contributed by atoms with Gasteiger partial charge in [-0.15, -0.1) is 0 Å². The fourth-order valence-corrected chi connectivity index (χ4v) is 3.06. The summed E-state index contributed by atoms with van der Waals surface area (Å²) in [5.41, 5.74) is 1.07. The van der Waals surface area contributed by atoms with Crippen LogP contribution in [0.4, 0.5) is 0 Å². The zero-order valence-corrected chi connectivity index (χ0v) is 13.2. The lowest BCUT2D eigenvalue weighted by atomic mass is 10.1. The number of thioether (sulfide) groups is 1. The molecule has 0 aromatic heterocycles. The minimum absolute atomic E-state index is 0.0325. The Hall–Kier alpha value is -1.49. The van der Waals surface area contributed by atoms with Gasteiger partial charge in [-0.25, -0.2) is 0 Å². The van der Waals surface area contributed by atoms with Crippen LogP contribution >= 0.6 is 11.8 Å². The molecule has 1 atom stereocenters. The zero-order valence-electron chi connectivity index (χ0n) is 12.4. The first-order valence-corrected chi connectivity index (χ1v) is 8.56. The van der Waals surface area contributed by atoms with Crippen molar-refractivity contribution in [3.63, 3.8) is 0 Å². The summed E-state index contributed by atoms with van der Waals surface area (Å²) >= 11 is 1.82. The molecule has 1 saturated heterocycles. The number of benzene rings is 1. The zero-order chi connectivity index (χ0) is 15.1. The van der Waals surface area contributed by atoms with Crippen LogP contribution in [0.5, 0.6) is 0 Å². The van der Waals surface area contributed by atoms with Crippen molar-refractivity contribution in [1.29, 1.82) is 0 Å². The highest BCUT2D eigenvalue weighted by molar-refractivity contribution is 7.99. The SMILES string of the molecule is CCSCCN1CCC(=O)NC(Cc2ccccc2)C1=O. The normalized spacial score (nSPS) is 19.3. The quantitative estimate of drug-likeness (QED) is 0.814. The molecule has 4 nitrogen and oxygen atoms in total. The van der Waals surface area contributed by atoms with Crippen LogP contribution in [-0.4, -0.2) is 47.4 Å². The van der Waals surface area contributed by atoms with E-state index in [9.17, 15) is 9.59 Å². The molecule has 1 unspecified atom stereocenters. The van der Waals surface area contributed by atoms with Gasteiger partial charge in [0.15, 0.2) is 0 Å². The molecule has 0 radical (unpaired) electrons. The van der Waals surface area contributed by atoms with Crippen LogP contribution in [0.3, 0.4) is 0 Å². The van der Waals surface area contributed by atoms with E-state index >= 15 is 0 Å². The third-order valence-corrected chi connectivity index (χ3v) is 4.43. The lowest BCUT2D eigenvalue weighted by molar-refractivity contribution is -0.133. The topological polar surface area (TPSA) is 49.4 Å². The summed E-state index contributed by atoms with van der Waals surface area (Å²) in [6.07, 6.45) is 0.955. The number of hydrogen-bond acceptors (Lipinski definition) is 3. The van der Waals surface area contributed by atoms with Gasteiger partial charge in [-0.1, -0.05) is 37.3 Å². The second kappa shape index (κ2) is 8.08. The lowest BCUT2D eigenvalue weighted by Crippen LogP contribution is -2.46. The maximum atomic E-state index is 12.6. The molecule has 21 heavy (non-hydrogen) atoms. The lowest BCUT2D eigenvalue weighted by Gasteiger charge is -2.24. The Bertz CT molecular complexity index is 478. The molecular weight excluding hydrogens is 284 g/mol. The molecule has 0 spiro atoms. The van der Waals surface area contributed by atoms with Crippen LogP contribution in [0.15, 0.2) is 30.3 Å². The van der Waals surface area contributed by atoms with Crippen LogP contribution in [0.2, 0.25) is 0 Å². The van der Waals surface area contributed by atoms with Crippen molar-refractivity contribution in [2.24, 2.45) is 0 Å². The predicted octanol–water partition coefficient (Wildman–Crippen LogP) is 1.70. The summed E-state index contributed by atoms with van der Waals surface area (Å²) in [7, 11) is 0. The van der Waals surface area contributed by atoms with Crippen molar-refractivity contribution >= 4 is 23.6 Å². The third-order valence-electron chi connectivity index (χ3n) is 3.55. The minimum Gasteiger partial charge on any atom is -0.344 e.